The molecular formula is C27H35N3O3. The van der Waals surface area contributed by atoms with Crippen LogP contribution in [0.25, 0.3) is 0 Å². The van der Waals surface area contributed by atoms with Gasteiger partial charge in [0.05, 0.1) is 0 Å². The molecule has 2 aliphatic rings. The molecule has 2 N–H and O–H groups in total. The van der Waals surface area contributed by atoms with Crippen molar-refractivity contribution in [1.82, 2.24) is 10.3 Å². The monoisotopic (exact) mass is 449 g/mol. The number of H-pyrrole nitrogens is 1. The Hall–Kier alpha value is -2.86. The van der Waals surface area contributed by atoms with E-state index in [1.165, 1.54) is 0 Å². The first-order chi connectivity index (χ1) is 16.0. The van der Waals surface area contributed by atoms with Crippen molar-refractivity contribution in [2.24, 2.45) is 0 Å². The molecule has 1 fully saturated rings. The number of aromatic nitrogens is 1. The zero-order valence-electron chi connectivity index (χ0n) is 19.9. The lowest BCUT2D eigenvalue weighted by atomic mass is 9.92. The van der Waals surface area contributed by atoms with Crippen LogP contribution < -0.4 is 15.8 Å². The predicted octanol–water partition coefficient (Wildman–Crippen LogP) is 4.22. The topological polar surface area (TPSA) is 74.4 Å². The number of benzene rings is 1. The van der Waals surface area contributed by atoms with Gasteiger partial charge < -0.3 is 19.9 Å². The van der Waals surface area contributed by atoms with Gasteiger partial charge in [0.15, 0.2) is 0 Å². The Bertz CT molecular complexity index is 1080. The molecule has 176 valence electrons. The smallest absolute Gasteiger partial charge is 0.253 e. The van der Waals surface area contributed by atoms with Crippen LogP contribution in [-0.2, 0) is 17.7 Å². The summed E-state index contributed by atoms with van der Waals surface area (Å²) in [7, 11) is 0. The Labute approximate surface area is 196 Å². The summed E-state index contributed by atoms with van der Waals surface area (Å²) in [5.41, 5.74) is 5.23. The number of rotatable bonds is 3. The standard InChI is InChI=1S/C27H35N3O3/c1-4-30(20-12-14-33-15-13-20)25-11-7-10-22-21(25)9-6-5-8-18(2)23-16-19(3)29-27(32)24(23)17-28-26(22)31/h5-7,10-11,16,18,20H,4,8-9,12-15,17H2,1-3H3,(H,28,31)(H,29,32)/b6-5-. The number of anilines is 1. The Kier molecular flexibility index (Phi) is 7.33. The average Bonchev–Trinajstić information content (AvgIpc) is 2.81. The highest BCUT2D eigenvalue weighted by Gasteiger charge is 2.25. The summed E-state index contributed by atoms with van der Waals surface area (Å²) in [6.45, 7) is 8.87. The van der Waals surface area contributed by atoms with Crippen molar-refractivity contribution >= 4 is 11.6 Å². The number of allylic oxidation sites excluding steroid dienone is 2. The molecule has 1 saturated heterocycles. The van der Waals surface area contributed by atoms with Crippen molar-refractivity contribution in [3.05, 3.63) is 74.7 Å². The SMILES string of the molecule is CCN(c1cccc2c1C/C=C\CC(C)c1cc(C)[nH]c(=O)c1CNC2=O)C1CCOCC1. The fourth-order valence-corrected chi connectivity index (χ4v) is 5.15. The molecule has 6 heteroatoms. The normalized spacial score (nSPS) is 20.6. The highest BCUT2D eigenvalue weighted by atomic mass is 16.5. The van der Waals surface area contributed by atoms with E-state index in [1.807, 2.05) is 25.1 Å². The summed E-state index contributed by atoms with van der Waals surface area (Å²) in [5.74, 6) is 0.0557. The van der Waals surface area contributed by atoms with Crippen molar-refractivity contribution in [1.29, 1.82) is 0 Å². The minimum atomic E-state index is -0.137. The second-order valence-electron chi connectivity index (χ2n) is 9.14. The number of fused-ring (bicyclic) bond motifs is 2. The van der Waals surface area contributed by atoms with Gasteiger partial charge in [0.25, 0.3) is 11.5 Å². The van der Waals surface area contributed by atoms with Crippen molar-refractivity contribution in [3.63, 3.8) is 0 Å². The maximum atomic E-state index is 13.3. The van der Waals surface area contributed by atoms with Gasteiger partial charge in [-0.15, -0.1) is 0 Å². The molecule has 1 aromatic heterocycles. The van der Waals surface area contributed by atoms with E-state index in [2.05, 4.69) is 47.3 Å². The molecular weight excluding hydrogens is 414 g/mol. The van der Waals surface area contributed by atoms with Gasteiger partial charge in [-0.2, -0.15) is 0 Å². The third-order valence-corrected chi connectivity index (χ3v) is 6.92. The Morgan fingerprint density at radius 3 is 2.67 bits per heavy atom. The molecule has 0 saturated carbocycles. The lowest BCUT2D eigenvalue weighted by molar-refractivity contribution is 0.0845. The van der Waals surface area contributed by atoms with E-state index in [-0.39, 0.29) is 23.9 Å². The van der Waals surface area contributed by atoms with E-state index in [0.717, 1.165) is 61.5 Å². The molecule has 0 bridgehead atoms. The molecule has 0 radical (unpaired) electrons. The molecule has 4 rings (SSSR count). The summed E-state index contributed by atoms with van der Waals surface area (Å²) in [6.07, 6.45) is 7.90. The molecule has 0 spiro atoms. The molecule has 1 aromatic carbocycles. The van der Waals surface area contributed by atoms with E-state index in [4.69, 9.17) is 4.74 Å². The van der Waals surface area contributed by atoms with Crippen molar-refractivity contribution in [2.75, 3.05) is 24.7 Å². The number of hydrogen-bond acceptors (Lipinski definition) is 4. The highest BCUT2D eigenvalue weighted by Crippen LogP contribution is 2.30. The number of carbonyl (C=O) groups is 1. The van der Waals surface area contributed by atoms with Crippen LogP contribution >= 0.6 is 0 Å². The van der Waals surface area contributed by atoms with Crippen LogP contribution in [0.5, 0.6) is 0 Å². The summed E-state index contributed by atoms with van der Waals surface area (Å²) < 4.78 is 5.58. The van der Waals surface area contributed by atoms with Crippen LogP contribution in [-0.4, -0.2) is 36.7 Å². The van der Waals surface area contributed by atoms with Gasteiger partial charge in [-0.25, -0.2) is 0 Å². The third kappa shape index (κ3) is 5.06. The summed E-state index contributed by atoms with van der Waals surface area (Å²) in [4.78, 5) is 31.4. The van der Waals surface area contributed by atoms with E-state index < -0.39 is 0 Å². The Morgan fingerprint density at radius 1 is 1.12 bits per heavy atom. The van der Waals surface area contributed by atoms with Crippen LogP contribution in [0.15, 0.2) is 41.2 Å². The first-order valence-corrected chi connectivity index (χ1v) is 12.1. The average molecular weight is 450 g/mol. The largest absolute Gasteiger partial charge is 0.381 e. The van der Waals surface area contributed by atoms with Gasteiger partial charge in [0, 0.05) is 54.9 Å². The van der Waals surface area contributed by atoms with Crippen LogP contribution in [0.2, 0.25) is 0 Å². The molecule has 3 heterocycles. The van der Waals surface area contributed by atoms with Crippen molar-refractivity contribution < 1.29 is 9.53 Å². The number of nitrogens with one attached hydrogen (secondary N) is 2. The van der Waals surface area contributed by atoms with Gasteiger partial charge in [-0.1, -0.05) is 25.1 Å². The van der Waals surface area contributed by atoms with E-state index >= 15 is 0 Å². The fraction of sp³-hybridized carbons (Fsp3) is 0.481. The number of ether oxygens (including phenoxy) is 1. The zero-order chi connectivity index (χ0) is 23.4. The van der Waals surface area contributed by atoms with E-state index in [9.17, 15) is 9.59 Å². The first kappa shape index (κ1) is 23.3. The molecule has 2 aliphatic heterocycles. The Balaban J connectivity index is 1.73. The van der Waals surface area contributed by atoms with Crippen LogP contribution in [0, 0.1) is 6.92 Å². The van der Waals surface area contributed by atoms with Gasteiger partial charge in [-0.05, 0) is 74.8 Å². The lowest BCUT2D eigenvalue weighted by Gasteiger charge is -2.37. The quantitative estimate of drug-likeness (QED) is 0.688. The van der Waals surface area contributed by atoms with Crippen LogP contribution in [0.1, 0.15) is 71.8 Å². The highest BCUT2D eigenvalue weighted by molar-refractivity contribution is 5.97. The van der Waals surface area contributed by atoms with Crippen molar-refractivity contribution in [2.45, 2.75) is 65.0 Å². The van der Waals surface area contributed by atoms with Crippen molar-refractivity contribution in [3.8, 4) is 0 Å². The second kappa shape index (κ2) is 10.4. The molecule has 1 unspecified atom stereocenters. The summed E-state index contributed by atoms with van der Waals surface area (Å²) in [5, 5.41) is 3.04. The minimum absolute atomic E-state index is 0.121. The number of hydrogen-bond donors (Lipinski definition) is 2. The number of pyridine rings is 1. The molecule has 6 nitrogen and oxygen atoms in total. The van der Waals surface area contributed by atoms with E-state index in [1.54, 1.807) is 0 Å². The first-order valence-electron chi connectivity index (χ1n) is 12.1. The number of aromatic amines is 1. The maximum absolute atomic E-state index is 13.3. The molecule has 1 amide bonds. The number of aryl methyl sites for hydroxylation is 1. The summed E-state index contributed by atoms with van der Waals surface area (Å²) >= 11 is 0. The minimum Gasteiger partial charge on any atom is -0.381 e. The lowest BCUT2D eigenvalue weighted by Crippen LogP contribution is -2.40. The Morgan fingerprint density at radius 2 is 1.91 bits per heavy atom. The van der Waals surface area contributed by atoms with Gasteiger partial charge in [-0.3, -0.25) is 9.59 Å². The number of amides is 1. The molecule has 1 atom stereocenters. The predicted molar refractivity (Wildman–Crippen MR) is 132 cm³/mol. The maximum Gasteiger partial charge on any atom is 0.253 e. The fourth-order valence-electron chi connectivity index (χ4n) is 5.15. The number of carbonyl (C=O) groups excluding carboxylic acids is 1. The molecule has 2 aromatic rings. The third-order valence-electron chi connectivity index (χ3n) is 6.92. The van der Waals surface area contributed by atoms with Gasteiger partial charge in [0.1, 0.15) is 0 Å². The van der Waals surface area contributed by atoms with Gasteiger partial charge >= 0.3 is 0 Å². The molecule has 33 heavy (non-hydrogen) atoms. The zero-order valence-corrected chi connectivity index (χ0v) is 19.9. The molecule has 0 aliphatic carbocycles. The van der Waals surface area contributed by atoms with Crippen LogP contribution in [0.3, 0.4) is 0 Å². The van der Waals surface area contributed by atoms with Gasteiger partial charge in [0.2, 0.25) is 0 Å². The number of nitrogens with zero attached hydrogens (tertiary/aromatic N) is 1. The second-order valence-corrected chi connectivity index (χ2v) is 9.14. The van der Waals surface area contributed by atoms with E-state index in [0.29, 0.717) is 23.6 Å². The van der Waals surface area contributed by atoms with Crippen LogP contribution in [0.4, 0.5) is 5.69 Å². The summed E-state index contributed by atoms with van der Waals surface area (Å²) in [6, 6.07) is 8.45.